The highest BCUT2D eigenvalue weighted by atomic mass is 16.5. The summed E-state index contributed by atoms with van der Waals surface area (Å²) in [6, 6.07) is 2.06. The summed E-state index contributed by atoms with van der Waals surface area (Å²) in [7, 11) is 1.99. The summed E-state index contributed by atoms with van der Waals surface area (Å²) in [6.45, 7) is 10.5. The Hall–Kier alpha value is -0.970. The molecule has 0 aliphatic carbocycles. The summed E-state index contributed by atoms with van der Waals surface area (Å²) in [4.78, 5) is 6.41. The van der Waals surface area contributed by atoms with Crippen molar-refractivity contribution in [2.75, 3.05) is 46.4 Å². The Morgan fingerprint density at radius 1 is 1.37 bits per heavy atom. The van der Waals surface area contributed by atoms with Gasteiger partial charge in [-0.05, 0) is 37.6 Å². The molecule has 0 atom stereocenters. The average Bonchev–Trinajstić information content (AvgIpc) is 2.47. The van der Waals surface area contributed by atoms with E-state index in [0.717, 1.165) is 45.8 Å². The van der Waals surface area contributed by atoms with Crippen LogP contribution in [-0.2, 0) is 11.2 Å². The van der Waals surface area contributed by atoms with Crippen LogP contribution in [0.1, 0.15) is 18.1 Å². The van der Waals surface area contributed by atoms with Crippen LogP contribution in [0.15, 0.2) is 18.5 Å². The third-order valence-corrected chi connectivity index (χ3v) is 3.30. The fourth-order valence-corrected chi connectivity index (χ4v) is 1.99. The van der Waals surface area contributed by atoms with E-state index in [2.05, 4.69) is 35.1 Å². The Balaban J connectivity index is 0.000000191. The summed E-state index contributed by atoms with van der Waals surface area (Å²) in [6.07, 6.45) is 4.85. The van der Waals surface area contributed by atoms with Gasteiger partial charge in [0.05, 0.1) is 13.2 Å². The fourth-order valence-electron chi connectivity index (χ4n) is 1.99. The lowest BCUT2D eigenvalue weighted by atomic mass is 10.1. The van der Waals surface area contributed by atoms with Crippen LogP contribution in [0.25, 0.3) is 0 Å². The number of hydrogen-bond donors (Lipinski definition) is 1. The lowest BCUT2D eigenvalue weighted by Crippen LogP contribution is -2.39. The first-order chi connectivity index (χ1) is 9.27. The number of hydrogen-bond acceptors (Lipinski definition) is 4. The van der Waals surface area contributed by atoms with E-state index in [4.69, 9.17) is 4.74 Å². The first kappa shape index (κ1) is 16.1. The number of ether oxygens (including phenoxy) is 1. The van der Waals surface area contributed by atoms with Crippen molar-refractivity contribution >= 4 is 0 Å². The van der Waals surface area contributed by atoms with Gasteiger partial charge in [0.1, 0.15) is 0 Å². The highest BCUT2D eigenvalue weighted by Crippen LogP contribution is 2.04. The summed E-state index contributed by atoms with van der Waals surface area (Å²) < 4.78 is 5.22. The van der Waals surface area contributed by atoms with Crippen LogP contribution in [0.2, 0.25) is 0 Å². The number of morpholine rings is 1. The molecule has 0 saturated carbocycles. The summed E-state index contributed by atoms with van der Waals surface area (Å²) in [5, 5.41) is 3.13. The second-order valence-corrected chi connectivity index (χ2v) is 4.71. The molecule has 1 aromatic rings. The second-order valence-electron chi connectivity index (χ2n) is 4.71. The van der Waals surface area contributed by atoms with Crippen molar-refractivity contribution in [3.63, 3.8) is 0 Å². The molecule has 1 aliphatic rings. The molecule has 0 spiro atoms. The smallest absolute Gasteiger partial charge is 0.0594 e. The molecule has 0 aromatic carbocycles. The Kier molecular flexibility index (Phi) is 8.38. The molecule has 2 heterocycles. The van der Waals surface area contributed by atoms with Gasteiger partial charge in [-0.2, -0.15) is 0 Å². The molecule has 4 heteroatoms. The Morgan fingerprint density at radius 2 is 2.11 bits per heavy atom. The topological polar surface area (TPSA) is 37.4 Å². The van der Waals surface area contributed by atoms with Crippen molar-refractivity contribution in [1.82, 2.24) is 15.2 Å². The second kappa shape index (κ2) is 9.89. The number of rotatable bonds is 4. The molecule has 1 aliphatic heterocycles. The van der Waals surface area contributed by atoms with Gasteiger partial charge in [0.15, 0.2) is 0 Å². The molecule has 108 valence electrons. The number of likely N-dealkylation sites (N-methyl/N-ethyl adjacent to an activating group) is 1. The number of aromatic nitrogens is 1. The number of pyridine rings is 1. The van der Waals surface area contributed by atoms with Gasteiger partial charge in [0.2, 0.25) is 0 Å². The quantitative estimate of drug-likeness (QED) is 0.895. The molecular weight excluding hydrogens is 238 g/mol. The first-order valence-electron chi connectivity index (χ1n) is 7.12. The van der Waals surface area contributed by atoms with Crippen molar-refractivity contribution < 1.29 is 4.74 Å². The molecular formula is C15H27N3O. The molecule has 1 saturated heterocycles. The van der Waals surface area contributed by atoms with E-state index in [1.807, 2.05) is 19.4 Å². The molecule has 1 aromatic heterocycles. The zero-order valence-electron chi connectivity index (χ0n) is 12.5. The van der Waals surface area contributed by atoms with Crippen LogP contribution in [0.5, 0.6) is 0 Å². The zero-order chi connectivity index (χ0) is 13.9. The third kappa shape index (κ3) is 6.66. The van der Waals surface area contributed by atoms with E-state index in [1.54, 1.807) is 0 Å². The van der Waals surface area contributed by atoms with Crippen LogP contribution < -0.4 is 5.32 Å². The lowest BCUT2D eigenvalue weighted by Gasteiger charge is -2.26. The van der Waals surface area contributed by atoms with Crippen LogP contribution in [0.4, 0.5) is 0 Å². The van der Waals surface area contributed by atoms with Gasteiger partial charge in [-0.1, -0.05) is 6.92 Å². The minimum Gasteiger partial charge on any atom is -0.379 e. The minimum atomic E-state index is 0.906. The predicted octanol–water partition coefficient (Wildman–Crippen LogP) is 1.49. The van der Waals surface area contributed by atoms with E-state index in [-0.39, 0.29) is 0 Å². The van der Waals surface area contributed by atoms with Gasteiger partial charge in [-0.15, -0.1) is 0 Å². The van der Waals surface area contributed by atoms with Gasteiger partial charge < -0.3 is 10.1 Å². The van der Waals surface area contributed by atoms with Gasteiger partial charge >= 0.3 is 0 Å². The van der Waals surface area contributed by atoms with Crippen molar-refractivity contribution in [2.45, 2.75) is 20.3 Å². The van der Waals surface area contributed by atoms with Gasteiger partial charge in [0.25, 0.3) is 0 Å². The molecule has 1 N–H and O–H groups in total. The Morgan fingerprint density at radius 3 is 2.63 bits per heavy atom. The van der Waals surface area contributed by atoms with E-state index in [0.29, 0.717) is 0 Å². The summed E-state index contributed by atoms with van der Waals surface area (Å²) in [5.74, 6) is 0. The van der Waals surface area contributed by atoms with E-state index >= 15 is 0 Å². The van der Waals surface area contributed by atoms with Crippen LogP contribution in [0.3, 0.4) is 0 Å². The largest absolute Gasteiger partial charge is 0.379 e. The fraction of sp³-hybridized carbons (Fsp3) is 0.667. The van der Waals surface area contributed by atoms with Crippen LogP contribution in [-0.4, -0.2) is 56.3 Å². The number of nitrogens with zero attached hydrogens (tertiary/aromatic N) is 2. The van der Waals surface area contributed by atoms with Crippen molar-refractivity contribution in [2.24, 2.45) is 0 Å². The van der Waals surface area contributed by atoms with Crippen LogP contribution >= 0.6 is 0 Å². The van der Waals surface area contributed by atoms with Gasteiger partial charge in [-0.25, -0.2) is 0 Å². The van der Waals surface area contributed by atoms with Crippen LogP contribution in [0, 0.1) is 6.92 Å². The predicted molar refractivity (Wildman–Crippen MR) is 79.5 cm³/mol. The van der Waals surface area contributed by atoms with Crippen molar-refractivity contribution in [1.29, 1.82) is 0 Å². The van der Waals surface area contributed by atoms with Gasteiger partial charge in [0, 0.05) is 38.6 Å². The molecule has 1 fully saturated rings. The third-order valence-electron chi connectivity index (χ3n) is 3.30. The standard InChI is InChI=1S/C8H11N.C7H16N2O/c1-3-8-4-5-9-6-7(8)2;1-8-2-3-9-4-6-10-7-5-9/h4-6H,3H2,1-2H3;8H,2-7H2,1H3. The summed E-state index contributed by atoms with van der Waals surface area (Å²) >= 11 is 0. The Labute approximate surface area is 117 Å². The monoisotopic (exact) mass is 265 g/mol. The molecule has 4 nitrogen and oxygen atoms in total. The molecule has 0 unspecified atom stereocenters. The molecule has 0 amide bonds. The number of nitrogens with one attached hydrogen (secondary N) is 1. The SMILES string of the molecule is CCc1ccncc1C.CNCCN1CCOCC1. The zero-order valence-corrected chi connectivity index (χ0v) is 12.5. The molecule has 2 rings (SSSR count). The highest BCUT2D eigenvalue weighted by molar-refractivity contribution is 5.20. The Bertz CT molecular complexity index is 338. The van der Waals surface area contributed by atoms with Crippen molar-refractivity contribution in [3.8, 4) is 0 Å². The maximum atomic E-state index is 5.22. The maximum Gasteiger partial charge on any atom is 0.0594 e. The molecule has 0 radical (unpaired) electrons. The number of aryl methyl sites for hydroxylation is 2. The van der Waals surface area contributed by atoms with E-state index < -0.39 is 0 Å². The lowest BCUT2D eigenvalue weighted by molar-refractivity contribution is 0.0386. The molecule has 0 bridgehead atoms. The average molecular weight is 265 g/mol. The first-order valence-corrected chi connectivity index (χ1v) is 7.12. The maximum absolute atomic E-state index is 5.22. The van der Waals surface area contributed by atoms with Gasteiger partial charge in [-0.3, -0.25) is 9.88 Å². The summed E-state index contributed by atoms with van der Waals surface area (Å²) in [5.41, 5.74) is 2.69. The van der Waals surface area contributed by atoms with E-state index in [9.17, 15) is 0 Å². The minimum absolute atomic E-state index is 0.906. The highest BCUT2D eigenvalue weighted by Gasteiger charge is 2.07. The normalized spacial score (nSPS) is 15.7. The molecule has 19 heavy (non-hydrogen) atoms. The van der Waals surface area contributed by atoms with E-state index in [1.165, 1.54) is 11.1 Å². The van der Waals surface area contributed by atoms with Crippen molar-refractivity contribution in [3.05, 3.63) is 29.6 Å².